The van der Waals surface area contributed by atoms with Crippen LogP contribution in [-0.2, 0) is 4.74 Å². The van der Waals surface area contributed by atoms with Crippen LogP contribution >= 0.6 is 15.9 Å². The van der Waals surface area contributed by atoms with Gasteiger partial charge in [0, 0.05) is 28.6 Å². The summed E-state index contributed by atoms with van der Waals surface area (Å²) in [6.45, 7) is 1.07. The number of benzene rings is 1. The lowest BCUT2D eigenvalue weighted by molar-refractivity contribution is 0.144. The van der Waals surface area contributed by atoms with E-state index in [0.717, 1.165) is 15.2 Å². The second-order valence-electron chi connectivity index (χ2n) is 3.30. The monoisotopic (exact) mass is 281 g/mol. The molecule has 0 N–H and O–H groups in total. The molecule has 0 amide bonds. The first-order valence-corrected chi connectivity index (χ1v) is 5.77. The van der Waals surface area contributed by atoms with Gasteiger partial charge in [0.15, 0.2) is 0 Å². The molecule has 1 heterocycles. The predicted molar refractivity (Wildman–Crippen MR) is 66.8 cm³/mol. The van der Waals surface area contributed by atoms with Crippen LogP contribution in [0.5, 0.6) is 5.88 Å². The van der Waals surface area contributed by atoms with Gasteiger partial charge in [-0.25, -0.2) is 4.98 Å². The van der Waals surface area contributed by atoms with Crippen LogP contribution in [0, 0.1) is 0 Å². The van der Waals surface area contributed by atoms with Crippen LogP contribution in [0.15, 0.2) is 34.9 Å². The molecule has 0 unspecified atom stereocenters. The number of nitrogens with zero attached hydrogens (tertiary/aromatic N) is 1. The molecule has 0 aliphatic heterocycles. The minimum Gasteiger partial charge on any atom is -0.475 e. The summed E-state index contributed by atoms with van der Waals surface area (Å²) in [6, 6.07) is 7.99. The first kappa shape index (κ1) is 11.4. The highest BCUT2D eigenvalue weighted by Gasteiger charge is 2.05. The number of pyridine rings is 1. The zero-order chi connectivity index (χ0) is 11.4. The van der Waals surface area contributed by atoms with Crippen molar-refractivity contribution >= 4 is 26.7 Å². The Labute approximate surface area is 103 Å². The molecule has 16 heavy (non-hydrogen) atoms. The summed E-state index contributed by atoms with van der Waals surface area (Å²) in [7, 11) is 1.65. The minimum absolute atomic E-state index is 0.509. The fraction of sp³-hybridized carbons (Fsp3) is 0.250. The smallest absolute Gasteiger partial charge is 0.221 e. The molecule has 0 fully saturated rings. The molecule has 2 aromatic rings. The maximum Gasteiger partial charge on any atom is 0.221 e. The fourth-order valence-electron chi connectivity index (χ4n) is 1.47. The van der Waals surface area contributed by atoms with Gasteiger partial charge in [-0.2, -0.15) is 0 Å². The Morgan fingerprint density at radius 1 is 1.19 bits per heavy atom. The highest BCUT2D eigenvalue weighted by molar-refractivity contribution is 9.10. The Kier molecular flexibility index (Phi) is 3.74. The molecule has 3 nitrogen and oxygen atoms in total. The highest BCUT2D eigenvalue weighted by atomic mass is 79.9. The highest BCUT2D eigenvalue weighted by Crippen LogP contribution is 2.28. The van der Waals surface area contributed by atoms with Gasteiger partial charge in [0.1, 0.15) is 6.61 Å². The van der Waals surface area contributed by atoms with Gasteiger partial charge in [-0.3, -0.25) is 0 Å². The average molecular weight is 282 g/mol. The quantitative estimate of drug-likeness (QED) is 0.808. The van der Waals surface area contributed by atoms with Crippen molar-refractivity contribution in [2.75, 3.05) is 20.3 Å². The maximum atomic E-state index is 5.56. The van der Waals surface area contributed by atoms with E-state index < -0.39 is 0 Å². The van der Waals surface area contributed by atoms with E-state index in [4.69, 9.17) is 9.47 Å². The minimum atomic E-state index is 0.509. The second kappa shape index (κ2) is 5.27. The van der Waals surface area contributed by atoms with Crippen molar-refractivity contribution < 1.29 is 9.47 Å². The largest absolute Gasteiger partial charge is 0.475 e. The Morgan fingerprint density at radius 2 is 1.94 bits per heavy atom. The van der Waals surface area contributed by atoms with E-state index in [0.29, 0.717) is 19.1 Å². The molecule has 0 atom stereocenters. The second-order valence-corrected chi connectivity index (χ2v) is 4.15. The lowest BCUT2D eigenvalue weighted by Gasteiger charge is -2.08. The van der Waals surface area contributed by atoms with Gasteiger partial charge in [-0.15, -0.1) is 0 Å². The third kappa shape index (κ3) is 2.33. The van der Waals surface area contributed by atoms with Crippen LogP contribution < -0.4 is 4.74 Å². The third-order valence-corrected chi connectivity index (χ3v) is 2.87. The molecule has 1 aromatic heterocycles. The lowest BCUT2D eigenvalue weighted by atomic mass is 10.2. The molecule has 1 aromatic carbocycles. The Balaban J connectivity index is 2.35. The van der Waals surface area contributed by atoms with Crippen molar-refractivity contribution in [2.24, 2.45) is 0 Å². The topological polar surface area (TPSA) is 31.4 Å². The third-order valence-electron chi connectivity index (χ3n) is 2.24. The Hall–Kier alpha value is -1.13. The van der Waals surface area contributed by atoms with Crippen molar-refractivity contribution in [1.29, 1.82) is 0 Å². The summed E-state index contributed by atoms with van der Waals surface area (Å²) < 4.78 is 11.5. The Bertz CT molecular complexity index is 487. The number of ether oxygens (including phenoxy) is 2. The van der Waals surface area contributed by atoms with Gasteiger partial charge in [-0.05, 0) is 22.0 Å². The van der Waals surface area contributed by atoms with Crippen LogP contribution in [0.1, 0.15) is 0 Å². The first-order chi connectivity index (χ1) is 7.83. The van der Waals surface area contributed by atoms with Gasteiger partial charge >= 0.3 is 0 Å². The van der Waals surface area contributed by atoms with Crippen LogP contribution in [-0.4, -0.2) is 25.3 Å². The van der Waals surface area contributed by atoms with E-state index in [2.05, 4.69) is 20.9 Å². The van der Waals surface area contributed by atoms with Crippen molar-refractivity contribution in [3.05, 3.63) is 34.9 Å². The van der Waals surface area contributed by atoms with E-state index in [-0.39, 0.29) is 0 Å². The van der Waals surface area contributed by atoms with E-state index in [1.807, 2.05) is 24.3 Å². The molecule has 0 spiro atoms. The molecule has 0 saturated heterocycles. The SMILES string of the molecule is COCCOc1ncc(Br)c2ccccc12. The summed E-state index contributed by atoms with van der Waals surface area (Å²) in [6.07, 6.45) is 1.75. The van der Waals surface area contributed by atoms with Crippen molar-refractivity contribution in [3.8, 4) is 5.88 Å². The van der Waals surface area contributed by atoms with Crippen molar-refractivity contribution in [2.45, 2.75) is 0 Å². The molecule has 0 saturated carbocycles. The predicted octanol–water partition coefficient (Wildman–Crippen LogP) is 3.02. The van der Waals surface area contributed by atoms with Crippen LogP contribution in [0.2, 0.25) is 0 Å². The molecular weight excluding hydrogens is 270 g/mol. The van der Waals surface area contributed by atoms with E-state index >= 15 is 0 Å². The standard InChI is InChI=1S/C12H12BrNO2/c1-15-6-7-16-12-10-5-3-2-4-9(10)11(13)8-14-12/h2-5,8H,6-7H2,1H3. The normalized spacial score (nSPS) is 10.6. The summed E-state index contributed by atoms with van der Waals surface area (Å²) in [5.41, 5.74) is 0. The van der Waals surface area contributed by atoms with Crippen LogP contribution in [0.25, 0.3) is 10.8 Å². The summed E-state index contributed by atoms with van der Waals surface area (Å²) in [5.74, 6) is 0.649. The molecule has 0 aliphatic carbocycles. The number of rotatable bonds is 4. The number of fused-ring (bicyclic) bond motifs is 1. The number of methoxy groups -OCH3 is 1. The molecule has 0 aliphatic rings. The molecule has 2 rings (SSSR count). The Morgan fingerprint density at radius 3 is 2.69 bits per heavy atom. The number of halogens is 1. The lowest BCUT2D eigenvalue weighted by Crippen LogP contribution is -2.05. The number of hydrogen-bond donors (Lipinski definition) is 0. The van der Waals surface area contributed by atoms with Gasteiger partial charge < -0.3 is 9.47 Å². The number of hydrogen-bond acceptors (Lipinski definition) is 3. The fourth-order valence-corrected chi connectivity index (χ4v) is 1.92. The zero-order valence-corrected chi connectivity index (χ0v) is 10.5. The first-order valence-electron chi connectivity index (χ1n) is 4.98. The van der Waals surface area contributed by atoms with Gasteiger partial charge in [0.2, 0.25) is 5.88 Å². The summed E-state index contributed by atoms with van der Waals surface area (Å²) in [5, 5.41) is 2.11. The average Bonchev–Trinajstić information content (AvgIpc) is 2.33. The maximum absolute atomic E-state index is 5.56. The van der Waals surface area contributed by atoms with Crippen LogP contribution in [0.4, 0.5) is 0 Å². The zero-order valence-electron chi connectivity index (χ0n) is 8.94. The van der Waals surface area contributed by atoms with E-state index in [1.165, 1.54) is 0 Å². The number of aromatic nitrogens is 1. The van der Waals surface area contributed by atoms with Crippen molar-refractivity contribution in [3.63, 3.8) is 0 Å². The summed E-state index contributed by atoms with van der Waals surface area (Å²) >= 11 is 3.47. The molecule has 4 heteroatoms. The van der Waals surface area contributed by atoms with Crippen LogP contribution in [0.3, 0.4) is 0 Å². The molecule has 0 radical (unpaired) electrons. The van der Waals surface area contributed by atoms with Gasteiger partial charge in [-0.1, -0.05) is 18.2 Å². The summed E-state index contributed by atoms with van der Waals surface area (Å²) in [4.78, 5) is 4.25. The van der Waals surface area contributed by atoms with E-state index in [1.54, 1.807) is 13.3 Å². The van der Waals surface area contributed by atoms with Gasteiger partial charge in [0.25, 0.3) is 0 Å². The molecule has 84 valence electrons. The van der Waals surface area contributed by atoms with Gasteiger partial charge in [0.05, 0.1) is 6.61 Å². The van der Waals surface area contributed by atoms with Crippen molar-refractivity contribution in [1.82, 2.24) is 4.98 Å². The van der Waals surface area contributed by atoms with E-state index in [9.17, 15) is 0 Å². The molecular formula is C12H12BrNO2. The molecule has 0 bridgehead atoms.